The molecule has 0 amide bonds. The molecule has 0 unspecified atom stereocenters. The van der Waals surface area contributed by atoms with Gasteiger partial charge in [-0.15, -0.1) is 0 Å². The minimum Gasteiger partial charge on any atom is -0.382 e. The SMILES string of the molecule is CSc1nc(N)c(NS(=O)(=O)c2ccccc2[N+](=O)[O-])c(=O)[nH]1. The molecule has 0 saturated heterocycles. The molecule has 12 heteroatoms. The molecule has 0 aliphatic heterocycles. The number of nitrogen functional groups attached to an aromatic ring is 1. The monoisotopic (exact) mass is 357 g/mol. The Balaban J connectivity index is 2.53. The number of aromatic amines is 1. The number of anilines is 2. The number of aromatic nitrogens is 2. The van der Waals surface area contributed by atoms with E-state index in [0.717, 1.165) is 23.9 Å². The zero-order valence-corrected chi connectivity index (χ0v) is 13.3. The van der Waals surface area contributed by atoms with Crippen LogP contribution in [0.1, 0.15) is 0 Å². The highest BCUT2D eigenvalue weighted by atomic mass is 32.2. The maximum absolute atomic E-state index is 12.3. The smallest absolute Gasteiger partial charge is 0.289 e. The summed E-state index contributed by atoms with van der Waals surface area (Å²) in [5, 5.41) is 11.2. The number of rotatable bonds is 5. The van der Waals surface area contributed by atoms with Crippen LogP contribution in [0.25, 0.3) is 0 Å². The molecular formula is C11H11N5O5S2. The molecule has 0 saturated carbocycles. The minimum atomic E-state index is -4.39. The largest absolute Gasteiger partial charge is 0.382 e. The van der Waals surface area contributed by atoms with Crippen LogP contribution >= 0.6 is 11.8 Å². The van der Waals surface area contributed by atoms with Crippen LogP contribution in [0.2, 0.25) is 0 Å². The highest BCUT2D eigenvalue weighted by Gasteiger charge is 2.27. The molecule has 0 spiro atoms. The summed E-state index contributed by atoms with van der Waals surface area (Å²) in [6.45, 7) is 0. The van der Waals surface area contributed by atoms with Crippen molar-refractivity contribution < 1.29 is 13.3 Å². The summed E-state index contributed by atoms with van der Waals surface area (Å²) >= 11 is 1.11. The van der Waals surface area contributed by atoms with Gasteiger partial charge < -0.3 is 5.73 Å². The van der Waals surface area contributed by atoms with E-state index in [2.05, 4.69) is 9.97 Å². The number of nitro groups is 1. The Bertz CT molecular complexity index is 925. The molecule has 10 nitrogen and oxygen atoms in total. The summed E-state index contributed by atoms with van der Waals surface area (Å²) in [7, 11) is -4.39. The fourth-order valence-corrected chi connectivity index (χ4v) is 3.33. The van der Waals surface area contributed by atoms with E-state index >= 15 is 0 Å². The van der Waals surface area contributed by atoms with Crippen molar-refractivity contribution in [3.8, 4) is 0 Å². The second kappa shape index (κ2) is 6.26. The van der Waals surface area contributed by atoms with E-state index in [0.29, 0.717) is 0 Å². The quantitative estimate of drug-likeness (QED) is 0.306. The average molecular weight is 357 g/mol. The van der Waals surface area contributed by atoms with E-state index in [1.807, 2.05) is 4.72 Å². The van der Waals surface area contributed by atoms with Crippen LogP contribution in [0.3, 0.4) is 0 Å². The van der Waals surface area contributed by atoms with E-state index in [1.165, 1.54) is 12.1 Å². The number of H-pyrrole nitrogens is 1. The van der Waals surface area contributed by atoms with Crippen molar-refractivity contribution in [2.45, 2.75) is 10.1 Å². The molecule has 23 heavy (non-hydrogen) atoms. The van der Waals surface area contributed by atoms with Gasteiger partial charge in [-0.2, -0.15) is 0 Å². The van der Waals surface area contributed by atoms with Gasteiger partial charge in [0, 0.05) is 6.07 Å². The highest BCUT2D eigenvalue weighted by Crippen LogP contribution is 2.25. The molecule has 1 heterocycles. The molecule has 0 aliphatic carbocycles. The molecule has 0 atom stereocenters. The fraction of sp³-hybridized carbons (Fsp3) is 0.0909. The van der Waals surface area contributed by atoms with Gasteiger partial charge in [-0.3, -0.25) is 24.6 Å². The van der Waals surface area contributed by atoms with E-state index in [4.69, 9.17) is 5.73 Å². The number of nitrogens with zero attached hydrogens (tertiary/aromatic N) is 2. The number of hydrogen-bond donors (Lipinski definition) is 3. The number of nitrogens with two attached hydrogens (primary N) is 1. The van der Waals surface area contributed by atoms with Gasteiger partial charge in [0.15, 0.2) is 21.6 Å². The first-order chi connectivity index (χ1) is 10.8. The number of hydrogen-bond acceptors (Lipinski definition) is 8. The maximum Gasteiger partial charge on any atom is 0.289 e. The number of benzene rings is 1. The maximum atomic E-state index is 12.3. The van der Waals surface area contributed by atoms with Gasteiger partial charge in [0.25, 0.3) is 21.3 Å². The number of nitrogens with one attached hydrogen (secondary N) is 2. The molecule has 2 rings (SSSR count). The first-order valence-corrected chi connectivity index (χ1v) is 8.67. The predicted molar refractivity (Wildman–Crippen MR) is 85.0 cm³/mol. The van der Waals surface area contributed by atoms with Gasteiger partial charge >= 0.3 is 0 Å². The summed E-state index contributed by atoms with van der Waals surface area (Å²) in [5.74, 6) is -0.333. The second-order valence-corrected chi connectivity index (χ2v) is 6.61. The van der Waals surface area contributed by atoms with Crippen LogP contribution in [0.5, 0.6) is 0 Å². The predicted octanol–water partition coefficient (Wildman–Crippen LogP) is 0.783. The Hall–Kier alpha value is -2.60. The van der Waals surface area contributed by atoms with Gasteiger partial charge in [0.05, 0.1) is 4.92 Å². The molecule has 0 radical (unpaired) electrons. The first-order valence-electron chi connectivity index (χ1n) is 5.96. The van der Waals surface area contributed by atoms with Gasteiger partial charge in [-0.1, -0.05) is 23.9 Å². The number of nitro benzene ring substituents is 1. The van der Waals surface area contributed by atoms with Crippen molar-refractivity contribution in [2.75, 3.05) is 16.7 Å². The Kier molecular flexibility index (Phi) is 4.56. The zero-order chi connectivity index (χ0) is 17.2. The summed E-state index contributed by atoms with van der Waals surface area (Å²) < 4.78 is 26.6. The Labute approximate surface area is 134 Å². The van der Waals surface area contributed by atoms with Crippen LogP contribution in [0.15, 0.2) is 39.1 Å². The second-order valence-electron chi connectivity index (χ2n) is 4.17. The van der Waals surface area contributed by atoms with Gasteiger partial charge in [-0.25, -0.2) is 13.4 Å². The third-order valence-corrected chi connectivity index (χ3v) is 4.68. The molecule has 1 aromatic carbocycles. The zero-order valence-electron chi connectivity index (χ0n) is 11.6. The number of sulfonamides is 1. The van der Waals surface area contributed by atoms with Crippen molar-refractivity contribution in [1.29, 1.82) is 0 Å². The van der Waals surface area contributed by atoms with E-state index in [1.54, 1.807) is 6.26 Å². The Morgan fingerprint density at radius 2 is 2.04 bits per heavy atom. The van der Waals surface area contributed by atoms with Crippen molar-refractivity contribution in [3.63, 3.8) is 0 Å². The molecular weight excluding hydrogens is 346 g/mol. The molecule has 2 aromatic rings. The van der Waals surface area contributed by atoms with Gasteiger partial charge in [0.1, 0.15) is 0 Å². The average Bonchev–Trinajstić information content (AvgIpc) is 2.50. The van der Waals surface area contributed by atoms with Gasteiger partial charge in [-0.05, 0) is 12.3 Å². The van der Waals surface area contributed by atoms with Crippen molar-refractivity contribution in [3.05, 3.63) is 44.7 Å². The normalized spacial score (nSPS) is 11.2. The number of para-hydroxylation sites is 1. The summed E-state index contributed by atoms with van der Waals surface area (Å²) in [6.07, 6.45) is 1.65. The minimum absolute atomic E-state index is 0.209. The number of thioether (sulfide) groups is 1. The lowest BCUT2D eigenvalue weighted by Crippen LogP contribution is -2.23. The molecule has 0 fully saturated rings. The Morgan fingerprint density at radius 3 is 2.61 bits per heavy atom. The summed E-state index contributed by atoms with van der Waals surface area (Å²) in [5.41, 5.74) is 3.65. The molecule has 122 valence electrons. The molecule has 0 aliphatic rings. The van der Waals surface area contributed by atoms with Crippen LogP contribution < -0.4 is 16.0 Å². The van der Waals surface area contributed by atoms with Crippen molar-refractivity contribution >= 4 is 39.0 Å². The molecule has 0 bridgehead atoms. The first kappa shape index (κ1) is 16.8. The van der Waals surface area contributed by atoms with Crippen molar-refractivity contribution in [1.82, 2.24) is 9.97 Å². The lowest BCUT2D eigenvalue weighted by molar-refractivity contribution is -0.387. The third kappa shape index (κ3) is 3.43. The van der Waals surface area contributed by atoms with Crippen LogP contribution in [-0.4, -0.2) is 29.6 Å². The van der Waals surface area contributed by atoms with Gasteiger partial charge in [0.2, 0.25) is 0 Å². The molecule has 4 N–H and O–H groups in total. The molecule has 1 aromatic heterocycles. The topological polar surface area (TPSA) is 161 Å². The Morgan fingerprint density at radius 1 is 1.39 bits per heavy atom. The van der Waals surface area contributed by atoms with Crippen LogP contribution in [0, 0.1) is 10.1 Å². The highest BCUT2D eigenvalue weighted by molar-refractivity contribution is 7.98. The fourth-order valence-electron chi connectivity index (χ4n) is 1.69. The lowest BCUT2D eigenvalue weighted by Gasteiger charge is -2.09. The van der Waals surface area contributed by atoms with Crippen molar-refractivity contribution in [2.24, 2.45) is 0 Å². The van der Waals surface area contributed by atoms with E-state index in [9.17, 15) is 23.3 Å². The standard InChI is InChI=1S/C11H11N5O5S2/c1-22-11-13-9(12)8(10(17)14-11)15-23(20,21)7-5-3-2-4-6(7)16(18)19/h2-5,15H,1H3,(H3,12,13,14,17). The summed E-state index contributed by atoms with van der Waals surface area (Å²) in [6, 6.07) is 4.74. The van der Waals surface area contributed by atoms with E-state index < -0.39 is 36.8 Å². The third-order valence-electron chi connectivity index (χ3n) is 2.71. The van der Waals surface area contributed by atoms with Crippen LogP contribution in [0.4, 0.5) is 17.2 Å². The summed E-state index contributed by atoms with van der Waals surface area (Å²) in [4.78, 5) is 27.6. The van der Waals surface area contributed by atoms with Crippen LogP contribution in [-0.2, 0) is 10.0 Å². The van der Waals surface area contributed by atoms with E-state index in [-0.39, 0.29) is 11.0 Å². The lowest BCUT2D eigenvalue weighted by atomic mass is 10.3.